The molecule has 6 nitrogen and oxygen atoms in total. The molecular formula is C12H11F2N3O3. The van der Waals surface area contributed by atoms with Crippen molar-refractivity contribution in [3.63, 3.8) is 0 Å². The van der Waals surface area contributed by atoms with Gasteiger partial charge in [0.1, 0.15) is 11.6 Å². The van der Waals surface area contributed by atoms with E-state index in [0.717, 1.165) is 0 Å². The van der Waals surface area contributed by atoms with Crippen molar-refractivity contribution < 1.29 is 18.8 Å². The van der Waals surface area contributed by atoms with Gasteiger partial charge in [-0.25, -0.2) is 13.8 Å². The molecule has 0 fully saturated rings. The summed E-state index contributed by atoms with van der Waals surface area (Å²) in [7, 11) is 0. The fourth-order valence-corrected chi connectivity index (χ4v) is 1.76. The Morgan fingerprint density at radius 1 is 1.40 bits per heavy atom. The average Bonchev–Trinajstić information content (AvgIpc) is 2.43. The Balaban J connectivity index is 2.36. The fourth-order valence-electron chi connectivity index (χ4n) is 1.76. The standard InChI is InChI=1S/C12H11F2N3O3/c13-12(14)10(18)6-16-8-3-4-9(17(19)20)11-7(8)2-1-5-15-11/h1-5,10,12,16,18H,6H2. The van der Waals surface area contributed by atoms with Gasteiger partial charge in [0.15, 0.2) is 0 Å². The quantitative estimate of drug-likeness (QED) is 0.648. The second kappa shape index (κ2) is 5.74. The van der Waals surface area contributed by atoms with E-state index in [1.54, 1.807) is 12.1 Å². The van der Waals surface area contributed by atoms with Crippen molar-refractivity contribution in [3.05, 3.63) is 40.6 Å². The number of alkyl halides is 2. The first-order valence-corrected chi connectivity index (χ1v) is 5.73. The van der Waals surface area contributed by atoms with Gasteiger partial charge < -0.3 is 10.4 Å². The zero-order valence-electron chi connectivity index (χ0n) is 10.2. The van der Waals surface area contributed by atoms with Crippen LogP contribution in [-0.2, 0) is 0 Å². The monoisotopic (exact) mass is 283 g/mol. The molecule has 2 aromatic rings. The lowest BCUT2D eigenvalue weighted by Gasteiger charge is -2.13. The summed E-state index contributed by atoms with van der Waals surface area (Å²) in [4.78, 5) is 14.3. The predicted octanol–water partition coefficient (Wildman–Crippen LogP) is 2.18. The highest BCUT2D eigenvalue weighted by Gasteiger charge is 2.18. The summed E-state index contributed by atoms with van der Waals surface area (Å²) < 4.78 is 24.4. The van der Waals surface area contributed by atoms with E-state index in [-0.39, 0.29) is 17.7 Å². The number of rotatable bonds is 5. The topological polar surface area (TPSA) is 88.3 Å². The van der Waals surface area contributed by atoms with Crippen molar-refractivity contribution in [1.29, 1.82) is 0 Å². The molecule has 1 atom stereocenters. The maximum atomic E-state index is 12.2. The molecule has 2 N–H and O–H groups in total. The van der Waals surface area contributed by atoms with Gasteiger partial charge in [-0.2, -0.15) is 0 Å². The maximum absolute atomic E-state index is 12.2. The van der Waals surface area contributed by atoms with Crippen molar-refractivity contribution in [2.75, 3.05) is 11.9 Å². The second-order valence-electron chi connectivity index (χ2n) is 4.07. The zero-order valence-corrected chi connectivity index (χ0v) is 10.2. The number of non-ortho nitro benzene ring substituents is 1. The van der Waals surface area contributed by atoms with E-state index in [1.807, 2.05) is 0 Å². The van der Waals surface area contributed by atoms with Crippen LogP contribution < -0.4 is 5.32 Å². The number of nitro benzene ring substituents is 1. The second-order valence-corrected chi connectivity index (χ2v) is 4.07. The minimum Gasteiger partial charge on any atom is -0.385 e. The number of benzene rings is 1. The Hall–Kier alpha value is -2.35. The van der Waals surface area contributed by atoms with Gasteiger partial charge in [-0.3, -0.25) is 10.1 Å². The summed E-state index contributed by atoms with van der Waals surface area (Å²) in [5, 5.41) is 23.0. The van der Waals surface area contributed by atoms with Crippen LogP contribution >= 0.6 is 0 Å². The van der Waals surface area contributed by atoms with E-state index in [2.05, 4.69) is 10.3 Å². The third kappa shape index (κ3) is 2.80. The molecule has 0 spiro atoms. The van der Waals surface area contributed by atoms with Crippen LogP contribution in [0, 0.1) is 10.1 Å². The average molecular weight is 283 g/mol. The van der Waals surface area contributed by atoms with Gasteiger partial charge in [-0.1, -0.05) is 0 Å². The molecule has 0 saturated heterocycles. The van der Waals surface area contributed by atoms with Gasteiger partial charge in [-0.05, 0) is 18.2 Å². The molecule has 0 aliphatic carbocycles. The Kier molecular flexibility index (Phi) is 4.04. The van der Waals surface area contributed by atoms with E-state index in [9.17, 15) is 18.9 Å². The highest BCUT2D eigenvalue weighted by atomic mass is 19.3. The molecule has 2 rings (SSSR count). The summed E-state index contributed by atoms with van der Waals surface area (Å²) in [5.41, 5.74) is 0.396. The number of hydrogen-bond donors (Lipinski definition) is 2. The molecule has 0 bridgehead atoms. The van der Waals surface area contributed by atoms with E-state index >= 15 is 0 Å². The summed E-state index contributed by atoms with van der Waals surface area (Å²) in [6, 6.07) is 5.82. The number of pyridine rings is 1. The van der Waals surface area contributed by atoms with Crippen LogP contribution in [0.2, 0.25) is 0 Å². The minimum absolute atomic E-state index is 0.161. The molecule has 20 heavy (non-hydrogen) atoms. The van der Waals surface area contributed by atoms with Gasteiger partial charge in [-0.15, -0.1) is 0 Å². The van der Waals surface area contributed by atoms with Gasteiger partial charge in [0.2, 0.25) is 0 Å². The molecule has 0 saturated carbocycles. The van der Waals surface area contributed by atoms with Crippen LogP contribution in [0.15, 0.2) is 30.5 Å². The van der Waals surface area contributed by atoms with E-state index < -0.39 is 17.5 Å². The lowest BCUT2D eigenvalue weighted by molar-refractivity contribution is -0.383. The van der Waals surface area contributed by atoms with Crippen molar-refractivity contribution >= 4 is 22.3 Å². The lowest BCUT2D eigenvalue weighted by atomic mass is 10.1. The van der Waals surface area contributed by atoms with E-state index in [4.69, 9.17) is 5.11 Å². The molecule has 106 valence electrons. The first kappa shape index (κ1) is 14.1. The zero-order chi connectivity index (χ0) is 14.7. The third-order valence-electron chi connectivity index (χ3n) is 2.74. The fraction of sp³-hybridized carbons (Fsp3) is 0.250. The number of halogens is 2. The van der Waals surface area contributed by atoms with Crippen LogP contribution in [0.5, 0.6) is 0 Å². The number of aliphatic hydroxyl groups excluding tert-OH is 1. The number of aromatic nitrogens is 1. The number of aliphatic hydroxyl groups is 1. The number of nitrogens with zero attached hydrogens (tertiary/aromatic N) is 2. The van der Waals surface area contributed by atoms with Gasteiger partial charge in [0.25, 0.3) is 12.1 Å². The third-order valence-corrected chi connectivity index (χ3v) is 2.74. The largest absolute Gasteiger partial charge is 0.385 e. The number of hydrogen-bond acceptors (Lipinski definition) is 5. The van der Waals surface area contributed by atoms with Crippen molar-refractivity contribution in [3.8, 4) is 0 Å². The van der Waals surface area contributed by atoms with E-state index in [1.165, 1.54) is 18.3 Å². The van der Waals surface area contributed by atoms with Crippen LogP contribution in [0.1, 0.15) is 0 Å². The summed E-state index contributed by atoms with van der Waals surface area (Å²) in [6.45, 7) is -0.362. The highest BCUT2D eigenvalue weighted by Crippen LogP contribution is 2.29. The van der Waals surface area contributed by atoms with E-state index in [0.29, 0.717) is 11.1 Å². The molecular weight excluding hydrogens is 272 g/mol. The summed E-state index contributed by atoms with van der Waals surface area (Å²) in [6.07, 6.45) is -3.26. The number of nitrogens with one attached hydrogen (secondary N) is 1. The molecule has 0 aliphatic heterocycles. The SMILES string of the molecule is O=[N+]([O-])c1ccc(NCC(O)C(F)F)c2cccnc12. The van der Waals surface area contributed by atoms with Gasteiger partial charge >= 0.3 is 0 Å². The van der Waals surface area contributed by atoms with Crippen molar-refractivity contribution in [1.82, 2.24) is 4.98 Å². The lowest BCUT2D eigenvalue weighted by Crippen LogP contribution is -2.26. The molecule has 1 aromatic heterocycles. The predicted molar refractivity (Wildman–Crippen MR) is 68.9 cm³/mol. The first-order valence-electron chi connectivity index (χ1n) is 5.73. The highest BCUT2D eigenvalue weighted by molar-refractivity contribution is 5.96. The number of nitro groups is 1. The Morgan fingerprint density at radius 3 is 2.80 bits per heavy atom. The Labute approximate surface area is 112 Å². The Morgan fingerprint density at radius 2 is 2.15 bits per heavy atom. The first-order chi connectivity index (χ1) is 9.50. The smallest absolute Gasteiger partial charge is 0.295 e. The normalized spacial score (nSPS) is 12.6. The molecule has 1 aromatic carbocycles. The molecule has 0 aliphatic rings. The van der Waals surface area contributed by atoms with Crippen LogP contribution in [0.4, 0.5) is 20.2 Å². The summed E-state index contributed by atoms with van der Waals surface area (Å²) in [5.74, 6) is 0. The summed E-state index contributed by atoms with van der Waals surface area (Å²) >= 11 is 0. The van der Waals surface area contributed by atoms with Gasteiger partial charge in [0, 0.05) is 29.9 Å². The molecule has 0 amide bonds. The van der Waals surface area contributed by atoms with Crippen molar-refractivity contribution in [2.24, 2.45) is 0 Å². The number of fused-ring (bicyclic) bond motifs is 1. The number of anilines is 1. The van der Waals surface area contributed by atoms with Crippen LogP contribution in [0.3, 0.4) is 0 Å². The van der Waals surface area contributed by atoms with Crippen molar-refractivity contribution in [2.45, 2.75) is 12.5 Å². The molecule has 8 heteroatoms. The van der Waals surface area contributed by atoms with Crippen LogP contribution in [0.25, 0.3) is 10.9 Å². The molecule has 1 unspecified atom stereocenters. The molecule has 0 radical (unpaired) electrons. The minimum atomic E-state index is -2.86. The Bertz CT molecular complexity index is 636. The van der Waals surface area contributed by atoms with Crippen LogP contribution in [-0.4, -0.2) is 34.1 Å². The molecule has 1 heterocycles. The van der Waals surface area contributed by atoms with Gasteiger partial charge in [0.05, 0.1) is 4.92 Å². The maximum Gasteiger partial charge on any atom is 0.295 e.